The first kappa shape index (κ1) is 15.2. The molecule has 1 N–H and O–H groups in total. The van der Waals surface area contributed by atoms with E-state index < -0.39 is 24.1 Å². The van der Waals surface area contributed by atoms with Crippen LogP contribution in [0.1, 0.15) is 12.8 Å². The number of carbonyl (C=O) groups is 1. The summed E-state index contributed by atoms with van der Waals surface area (Å²) in [5, 5.41) is 2.55. The monoisotopic (exact) mass is 305 g/mol. The maximum atomic E-state index is 13.2. The molecule has 1 fully saturated rings. The summed E-state index contributed by atoms with van der Waals surface area (Å²) in [5.41, 5.74) is 0.205. The molecule has 0 saturated carbocycles. The second kappa shape index (κ2) is 6.99. The van der Waals surface area contributed by atoms with Crippen LogP contribution in [0.25, 0.3) is 0 Å². The number of hydrogen-bond acceptors (Lipinski definition) is 3. The van der Waals surface area contributed by atoms with Crippen LogP contribution in [-0.4, -0.2) is 30.8 Å². The molecule has 110 valence electrons. The Morgan fingerprint density at radius 3 is 2.95 bits per heavy atom. The van der Waals surface area contributed by atoms with Crippen molar-refractivity contribution < 1.29 is 22.7 Å². The van der Waals surface area contributed by atoms with Crippen LogP contribution >= 0.6 is 11.8 Å². The number of alkyl halides is 2. The topological polar surface area (TPSA) is 38.3 Å². The van der Waals surface area contributed by atoms with Crippen LogP contribution in [0.2, 0.25) is 0 Å². The van der Waals surface area contributed by atoms with E-state index in [0.29, 0.717) is 17.9 Å². The summed E-state index contributed by atoms with van der Waals surface area (Å²) in [6.07, 6.45) is -1.60. The molecule has 0 aliphatic carbocycles. The maximum Gasteiger partial charge on any atom is 0.253 e. The Hall–Kier alpha value is -1.21. The predicted molar refractivity (Wildman–Crippen MR) is 70.7 cm³/mol. The van der Waals surface area contributed by atoms with Gasteiger partial charge in [-0.25, -0.2) is 13.2 Å². The van der Waals surface area contributed by atoms with Crippen LogP contribution in [0, 0.1) is 5.82 Å². The Morgan fingerprint density at radius 1 is 1.50 bits per heavy atom. The van der Waals surface area contributed by atoms with E-state index in [1.54, 1.807) is 0 Å². The van der Waals surface area contributed by atoms with Crippen molar-refractivity contribution in [2.45, 2.75) is 30.3 Å². The first-order valence-electron chi connectivity index (χ1n) is 6.19. The SMILES string of the molecule is O=C(Nc1cc(F)ccc1SCC(F)F)[C@H]1CCCO1. The smallest absolute Gasteiger partial charge is 0.253 e. The zero-order valence-electron chi connectivity index (χ0n) is 10.6. The average molecular weight is 305 g/mol. The van der Waals surface area contributed by atoms with Crippen LogP contribution in [-0.2, 0) is 9.53 Å². The fourth-order valence-electron chi connectivity index (χ4n) is 1.88. The molecule has 20 heavy (non-hydrogen) atoms. The highest BCUT2D eigenvalue weighted by Gasteiger charge is 2.24. The second-order valence-corrected chi connectivity index (χ2v) is 5.40. The highest BCUT2D eigenvalue weighted by Crippen LogP contribution is 2.29. The Labute approximate surface area is 118 Å². The Kier molecular flexibility index (Phi) is 5.31. The normalized spacial score (nSPS) is 18.5. The Morgan fingerprint density at radius 2 is 2.30 bits per heavy atom. The van der Waals surface area contributed by atoms with Crippen molar-refractivity contribution >= 4 is 23.4 Å². The van der Waals surface area contributed by atoms with Gasteiger partial charge in [-0.1, -0.05) is 0 Å². The summed E-state index contributed by atoms with van der Waals surface area (Å²) in [6.45, 7) is 0.522. The molecular weight excluding hydrogens is 291 g/mol. The molecule has 0 bridgehead atoms. The molecule has 0 spiro atoms. The van der Waals surface area contributed by atoms with Gasteiger partial charge < -0.3 is 10.1 Å². The molecule has 0 radical (unpaired) electrons. The van der Waals surface area contributed by atoms with Crippen molar-refractivity contribution in [3.8, 4) is 0 Å². The predicted octanol–water partition coefficient (Wildman–Crippen LogP) is 3.30. The molecule has 1 aliphatic rings. The molecule has 2 rings (SSSR count). The number of anilines is 1. The summed E-state index contributed by atoms with van der Waals surface area (Å²) >= 11 is 0.876. The molecule has 3 nitrogen and oxygen atoms in total. The largest absolute Gasteiger partial charge is 0.368 e. The molecule has 1 amide bonds. The summed E-state index contributed by atoms with van der Waals surface area (Å²) in [5.74, 6) is -1.31. The first-order chi connectivity index (χ1) is 9.56. The molecule has 0 unspecified atom stereocenters. The zero-order valence-corrected chi connectivity index (χ0v) is 11.4. The highest BCUT2D eigenvalue weighted by molar-refractivity contribution is 7.99. The highest BCUT2D eigenvalue weighted by atomic mass is 32.2. The lowest BCUT2D eigenvalue weighted by Crippen LogP contribution is -2.27. The fourth-order valence-corrected chi connectivity index (χ4v) is 2.61. The van der Waals surface area contributed by atoms with Gasteiger partial charge in [0, 0.05) is 11.5 Å². The number of nitrogens with one attached hydrogen (secondary N) is 1. The zero-order chi connectivity index (χ0) is 14.5. The summed E-state index contributed by atoms with van der Waals surface area (Å²) < 4.78 is 42.9. The van der Waals surface area contributed by atoms with E-state index >= 15 is 0 Å². The van der Waals surface area contributed by atoms with Gasteiger partial charge in [0.1, 0.15) is 11.9 Å². The van der Waals surface area contributed by atoms with E-state index in [-0.39, 0.29) is 11.6 Å². The van der Waals surface area contributed by atoms with Crippen molar-refractivity contribution in [2.24, 2.45) is 0 Å². The number of benzene rings is 1. The number of halogens is 3. The van der Waals surface area contributed by atoms with E-state index in [2.05, 4.69) is 5.32 Å². The van der Waals surface area contributed by atoms with Gasteiger partial charge in [-0.2, -0.15) is 0 Å². The molecular formula is C13H14F3NO2S. The number of carbonyl (C=O) groups excluding carboxylic acids is 1. The second-order valence-electron chi connectivity index (χ2n) is 4.33. The van der Waals surface area contributed by atoms with Crippen LogP contribution in [0.4, 0.5) is 18.9 Å². The van der Waals surface area contributed by atoms with Crippen molar-refractivity contribution in [1.82, 2.24) is 0 Å². The van der Waals surface area contributed by atoms with Crippen LogP contribution < -0.4 is 5.32 Å². The van der Waals surface area contributed by atoms with E-state index in [9.17, 15) is 18.0 Å². The lowest BCUT2D eigenvalue weighted by molar-refractivity contribution is -0.124. The average Bonchev–Trinajstić information content (AvgIpc) is 2.91. The molecule has 1 saturated heterocycles. The Balaban J connectivity index is 2.07. The molecule has 1 aromatic carbocycles. The van der Waals surface area contributed by atoms with Gasteiger partial charge in [0.2, 0.25) is 6.43 Å². The van der Waals surface area contributed by atoms with E-state index in [1.165, 1.54) is 12.1 Å². The summed E-state index contributed by atoms with van der Waals surface area (Å²) in [7, 11) is 0. The van der Waals surface area contributed by atoms with E-state index in [4.69, 9.17) is 4.74 Å². The van der Waals surface area contributed by atoms with E-state index in [0.717, 1.165) is 24.2 Å². The molecule has 1 atom stereocenters. The van der Waals surface area contributed by atoms with Crippen molar-refractivity contribution in [2.75, 3.05) is 17.7 Å². The van der Waals surface area contributed by atoms with E-state index in [1.807, 2.05) is 0 Å². The molecule has 0 aromatic heterocycles. The van der Waals surface area contributed by atoms with Crippen molar-refractivity contribution in [1.29, 1.82) is 0 Å². The van der Waals surface area contributed by atoms with Gasteiger partial charge in [-0.3, -0.25) is 4.79 Å². The first-order valence-corrected chi connectivity index (χ1v) is 7.18. The van der Waals surface area contributed by atoms with Gasteiger partial charge in [-0.05, 0) is 31.0 Å². The minimum atomic E-state index is -2.47. The van der Waals surface area contributed by atoms with Crippen LogP contribution in [0.15, 0.2) is 23.1 Å². The number of ether oxygens (including phenoxy) is 1. The third kappa shape index (κ3) is 4.14. The third-order valence-corrected chi connectivity index (χ3v) is 3.87. The number of amides is 1. The minimum absolute atomic E-state index is 0.205. The van der Waals surface area contributed by atoms with Gasteiger partial charge in [0.05, 0.1) is 11.4 Å². The quantitative estimate of drug-likeness (QED) is 0.848. The lowest BCUT2D eigenvalue weighted by atomic mass is 10.2. The van der Waals surface area contributed by atoms with Crippen molar-refractivity contribution in [3.63, 3.8) is 0 Å². The molecule has 7 heteroatoms. The van der Waals surface area contributed by atoms with Gasteiger partial charge in [0.15, 0.2) is 0 Å². The maximum absolute atomic E-state index is 13.2. The fraction of sp³-hybridized carbons (Fsp3) is 0.462. The van der Waals surface area contributed by atoms with Gasteiger partial charge >= 0.3 is 0 Å². The molecule has 1 aliphatic heterocycles. The van der Waals surface area contributed by atoms with Crippen LogP contribution in [0.3, 0.4) is 0 Å². The van der Waals surface area contributed by atoms with Gasteiger partial charge in [-0.15, -0.1) is 11.8 Å². The molecule has 1 aromatic rings. The minimum Gasteiger partial charge on any atom is -0.368 e. The standard InChI is InChI=1S/C13H14F3NO2S/c14-8-3-4-11(20-7-12(15)16)9(6-8)17-13(18)10-2-1-5-19-10/h3-4,6,10,12H,1-2,5,7H2,(H,17,18)/t10-/m1/s1. The van der Waals surface area contributed by atoms with Crippen molar-refractivity contribution in [3.05, 3.63) is 24.0 Å². The summed E-state index contributed by atoms with van der Waals surface area (Å²) in [6, 6.07) is 3.68. The van der Waals surface area contributed by atoms with Gasteiger partial charge in [0.25, 0.3) is 5.91 Å². The lowest BCUT2D eigenvalue weighted by Gasteiger charge is -2.13. The number of thioether (sulfide) groups is 1. The Bertz CT molecular complexity index is 479. The third-order valence-electron chi connectivity index (χ3n) is 2.79. The number of rotatable bonds is 5. The van der Waals surface area contributed by atoms with Crippen LogP contribution in [0.5, 0.6) is 0 Å². The molecule has 1 heterocycles. The number of hydrogen-bond donors (Lipinski definition) is 1. The summed E-state index contributed by atoms with van der Waals surface area (Å²) in [4.78, 5) is 12.3.